The van der Waals surface area contributed by atoms with Crippen molar-refractivity contribution in [2.24, 2.45) is 0 Å². The molecule has 0 saturated carbocycles. The molecule has 0 saturated heterocycles. The first-order chi connectivity index (χ1) is 14.0. The third-order valence-electron chi connectivity index (χ3n) is 4.45. The monoisotopic (exact) mass is 405 g/mol. The van der Waals surface area contributed by atoms with E-state index in [4.69, 9.17) is 23.7 Å². The van der Waals surface area contributed by atoms with Crippen LogP contribution in [0.3, 0.4) is 0 Å². The van der Waals surface area contributed by atoms with E-state index in [1.54, 1.807) is 28.4 Å². The predicted octanol–water partition coefficient (Wildman–Crippen LogP) is 2.73. The van der Waals surface area contributed by atoms with Gasteiger partial charge in [-0.15, -0.1) is 0 Å². The minimum atomic E-state index is -0.597. The summed E-state index contributed by atoms with van der Waals surface area (Å²) in [5.74, 6) is 2.72. The van der Waals surface area contributed by atoms with Gasteiger partial charge in [-0.1, -0.05) is 12.1 Å². The van der Waals surface area contributed by atoms with E-state index in [1.165, 1.54) is 0 Å². The fourth-order valence-electron chi connectivity index (χ4n) is 3.05. The second-order valence-corrected chi connectivity index (χ2v) is 6.74. The van der Waals surface area contributed by atoms with Gasteiger partial charge in [-0.3, -0.25) is 4.90 Å². The molecule has 7 nitrogen and oxygen atoms in total. The molecular formula is C22H31NO6. The van der Waals surface area contributed by atoms with Crippen LogP contribution in [0.25, 0.3) is 0 Å². The summed E-state index contributed by atoms with van der Waals surface area (Å²) >= 11 is 0. The van der Waals surface area contributed by atoms with Crippen LogP contribution in [-0.2, 0) is 17.9 Å². The van der Waals surface area contributed by atoms with Gasteiger partial charge in [-0.2, -0.15) is 0 Å². The summed E-state index contributed by atoms with van der Waals surface area (Å²) in [6.07, 6.45) is -0.597. The topological polar surface area (TPSA) is 69.6 Å². The average Bonchev–Trinajstić information content (AvgIpc) is 2.73. The molecule has 160 valence electrons. The number of rotatable bonds is 12. The first kappa shape index (κ1) is 22.8. The molecule has 0 bridgehead atoms. The zero-order valence-electron chi connectivity index (χ0n) is 17.8. The van der Waals surface area contributed by atoms with E-state index in [-0.39, 0.29) is 6.61 Å². The highest BCUT2D eigenvalue weighted by molar-refractivity contribution is 5.43. The molecule has 0 aliphatic carbocycles. The number of aliphatic hydroxyl groups is 1. The molecule has 1 N–H and O–H groups in total. The largest absolute Gasteiger partial charge is 0.493 e. The lowest BCUT2D eigenvalue weighted by atomic mass is 10.2. The van der Waals surface area contributed by atoms with Gasteiger partial charge in [0.2, 0.25) is 0 Å². The predicted molar refractivity (Wildman–Crippen MR) is 111 cm³/mol. The maximum absolute atomic E-state index is 10.3. The van der Waals surface area contributed by atoms with Crippen molar-refractivity contribution in [2.45, 2.75) is 19.3 Å². The van der Waals surface area contributed by atoms with E-state index in [0.29, 0.717) is 42.7 Å². The molecule has 0 aliphatic rings. The molecule has 0 amide bonds. The highest BCUT2D eigenvalue weighted by atomic mass is 16.5. The van der Waals surface area contributed by atoms with Gasteiger partial charge in [-0.25, -0.2) is 0 Å². The van der Waals surface area contributed by atoms with Crippen LogP contribution in [0.5, 0.6) is 23.0 Å². The van der Waals surface area contributed by atoms with Crippen molar-refractivity contribution in [3.63, 3.8) is 0 Å². The van der Waals surface area contributed by atoms with Crippen molar-refractivity contribution in [3.05, 3.63) is 47.5 Å². The second kappa shape index (κ2) is 11.5. The standard InChI is InChI=1S/C22H31NO6/c1-23(12-16-6-8-19(25-2)21(10-16)27-4)13-18(24)15-29-14-17-7-9-20(26-3)22(11-17)28-5/h6-11,18,24H,12-15H2,1-5H3. The molecule has 29 heavy (non-hydrogen) atoms. The SMILES string of the molecule is COc1ccc(COCC(O)CN(C)Cc2ccc(OC)c(OC)c2)cc1OC. The van der Waals surface area contributed by atoms with Crippen molar-refractivity contribution < 1.29 is 28.8 Å². The average molecular weight is 405 g/mol. The second-order valence-electron chi connectivity index (χ2n) is 6.74. The summed E-state index contributed by atoms with van der Waals surface area (Å²) < 4.78 is 26.8. The molecule has 1 atom stereocenters. The molecule has 2 rings (SSSR count). The summed E-state index contributed by atoms with van der Waals surface area (Å²) in [6, 6.07) is 11.4. The van der Waals surface area contributed by atoms with Gasteiger partial charge in [-0.05, 0) is 42.4 Å². The lowest BCUT2D eigenvalue weighted by Gasteiger charge is -2.21. The molecule has 0 aliphatic heterocycles. The number of likely N-dealkylation sites (N-methyl/N-ethyl adjacent to an activating group) is 1. The summed E-state index contributed by atoms with van der Waals surface area (Å²) in [7, 11) is 8.38. The van der Waals surface area contributed by atoms with Crippen molar-refractivity contribution in [3.8, 4) is 23.0 Å². The Labute approximate surface area is 172 Å². The number of aliphatic hydroxyl groups excluding tert-OH is 1. The Morgan fingerprint density at radius 1 is 0.793 bits per heavy atom. The number of hydrogen-bond acceptors (Lipinski definition) is 7. The van der Waals surface area contributed by atoms with Gasteiger partial charge in [0, 0.05) is 13.1 Å². The minimum Gasteiger partial charge on any atom is -0.493 e. The summed E-state index contributed by atoms with van der Waals surface area (Å²) in [5.41, 5.74) is 2.03. The number of ether oxygens (including phenoxy) is 5. The first-order valence-corrected chi connectivity index (χ1v) is 9.36. The Morgan fingerprint density at radius 2 is 1.31 bits per heavy atom. The number of benzene rings is 2. The molecule has 2 aromatic carbocycles. The van der Waals surface area contributed by atoms with E-state index in [2.05, 4.69) is 0 Å². The van der Waals surface area contributed by atoms with Gasteiger partial charge >= 0.3 is 0 Å². The third kappa shape index (κ3) is 6.81. The maximum Gasteiger partial charge on any atom is 0.161 e. The number of hydrogen-bond donors (Lipinski definition) is 1. The number of nitrogens with zero attached hydrogens (tertiary/aromatic N) is 1. The molecule has 0 aromatic heterocycles. The van der Waals surface area contributed by atoms with E-state index < -0.39 is 6.10 Å². The normalized spacial score (nSPS) is 12.0. The summed E-state index contributed by atoms with van der Waals surface area (Å²) in [5, 5.41) is 10.3. The van der Waals surface area contributed by atoms with Gasteiger partial charge < -0.3 is 28.8 Å². The Kier molecular flexibility index (Phi) is 9.05. The Bertz CT molecular complexity index is 767. The van der Waals surface area contributed by atoms with Crippen molar-refractivity contribution >= 4 is 0 Å². The molecule has 0 radical (unpaired) electrons. The Balaban J connectivity index is 1.79. The smallest absolute Gasteiger partial charge is 0.161 e. The Morgan fingerprint density at radius 3 is 1.86 bits per heavy atom. The van der Waals surface area contributed by atoms with Crippen LogP contribution in [0.2, 0.25) is 0 Å². The quantitative estimate of drug-likeness (QED) is 0.582. The fourth-order valence-corrected chi connectivity index (χ4v) is 3.05. The van der Waals surface area contributed by atoms with Gasteiger partial charge in [0.1, 0.15) is 0 Å². The summed E-state index contributed by atoms with van der Waals surface area (Å²) in [4.78, 5) is 2.03. The molecule has 0 fully saturated rings. The molecule has 0 spiro atoms. The van der Waals surface area contributed by atoms with Crippen LogP contribution in [0.15, 0.2) is 36.4 Å². The van der Waals surface area contributed by atoms with Gasteiger partial charge in [0.05, 0.1) is 47.8 Å². The molecule has 2 aromatic rings. The lowest BCUT2D eigenvalue weighted by molar-refractivity contribution is 0.0126. The van der Waals surface area contributed by atoms with E-state index >= 15 is 0 Å². The maximum atomic E-state index is 10.3. The first-order valence-electron chi connectivity index (χ1n) is 9.36. The zero-order valence-corrected chi connectivity index (χ0v) is 17.8. The van der Waals surface area contributed by atoms with Crippen LogP contribution >= 0.6 is 0 Å². The third-order valence-corrected chi connectivity index (χ3v) is 4.45. The van der Waals surface area contributed by atoms with Crippen LogP contribution in [-0.4, -0.2) is 64.7 Å². The van der Waals surface area contributed by atoms with Crippen LogP contribution in [0, 0.1) is 0 Å². The van der Waals surface area contributed by atoms with Crippen LogP contribution < -0.4 is 18.9 Å². The van der Waals surface area contributed by atoms with Crippen LogP contribution in [0.4, 0.5) is 0 Å². The molecule has 7 heteroatoms. The Hall–Kier alpha value is -2.48. The molecular weight excluding hydrogens is 374 g/mol. The highest BCUT2D eigenvalue weighted by Crippen LogP contribution is 2.28. The van der Waals surface area contributed by atoms with E-state index in [9.17, 15) is 5.11 Å². The van der Waals surface area contributed by atoms with Gasteiger partial charge in [0.15, 0.2) is 23.0 Å². The number of methoxy groups -OCH3 is 4. The van der Waals surface area contributed by atoms with Crippen molar-refractivity contribution in [1.82, 2.24) is 4.90 Å². The zero-order chi connectivity index (χ0) is 21.2. The molecule has 0 heterocycles. The van der Waals surface area contributed by atoms with Crippen LogP contribution in [0.1, 0.15) is 11.1 Å². The van der Waals surface area contributed by atoms with Crippen molar-refractivity contribution in [1.29, 1.82) is 0 Å². The van der Waals surface area contributed by atoms with Crippen molar-refractivity contribution in [2.75, 3.05) is 48.6 Å². The van der Waals surface area contributed by atoms with E-state index in [1.807, 2.05) is 48.3 Å². The lowest BCUT2D eigenvalue weighted by Crippen LogP contribution is -2.31. The molecule has 1 unspecified atom stereocenters. The minimum absolute atomic E-state index is 0.241. The summed E-state index contributed by atoms with van der Waals surface area (Å²) in [6.45, 7) is 1.79. The highest BCUT2D eigenvalue weighted by Gasteiger charge is 2.12. The fraction of sp³-hybridized carbons (Fsp3) is 0.455. The van der Waals surface area contributed by atoms with E-state index in [0.717, 1.165) is 11.1 Å². The van der Waals surface area contributed by atoms with Gasteiger partial charge in [0.25, 0.3) is 0 Å².